The van der Waals surface area contributed by atoms with E-state index in [0.29, 0.717) is 4.99 Å². The topological polar surface area (TPSA) is 38.0 Å². The molecule has 2 aromatic carbocycles. The Bertz CT molecular complexity index is 656. The molecule has 2 nitrogen and oxygen atoms in total. The number of nitrogens with two attached hydrogens (primary N) is 1. The standard InChI is InChI=1S/C15H14Br2N2S/c1-2-9-7-11(16)4-6-13(9)19-14-5-3-10(15(18)20)8-12(14)17/h3-8,19H,2H2,1H3,(H2,18,20). The van der Waals surface area contributed by atoms with Crippen molar-refractivity contribution in [3.63, 3.8) is 0 Å². The zero-order valence-corrected chi connectivity index (χ0v) is 14.9. The van der Waals surface area contributed by atoms with Gasteiger partial charge in [0.25, 0.3) is 0 Å². The monoisotopic (exact) mass is 412 g/mol. The summed E-state index contributed by atoms with van der Waals surface area (Å²) in [6, 6.07) is 12.0. The Balaban J connectivity index is 2.33. The Kier molecular flexibility index (Phi) is 5.18. The van der Waals surface area contributed by atoms with E-state index in [1.165, 1.54) is 5.56 Å². The normalized spacial score (nSPS) is 10.3. The zero-order chi connectivity index (χ0) is 14.7. The van der Waals surface area contributed by atoms with Crippen molar-refractivity contribution in [2.45, 2.75) is 13.3 Å². The molecule has 0 aliphatic rings. The number of aryl methyl sites for hydroxylation is 1. The van der Waals surface area contributed by atoms with Gasteiger partial charge >= 0.3 is 0 Å². The van der Waals surface area contributed by atoms with Crippen molar-refractivity contribution in [3.05, 3.63) is 56.5 Å². The molecule has 0 saturated heterocycles. The van der Waals surface area contributed by atoms with Gasteiger partial charge in [-0.3, -0.25) is 0 Å². The maximum atomic E-state index is 5.63. The van der Waals surface area contributed by atoms with Crippen LogP contribution in [0, 0.1) is 0 Å². The van der Waals surface area contributed by atoms with E-state index in [0.717, 1.165) is 32.3 Å². The van der Waals surface area contributed by atoms with Crippen molar-refractivity contribution in [3.8, 4) is 0 Å². The molecule has 0 heterocycles. The third kappa shape index (κ3) is 3.59. The highest BCUT2D eigenvalue weighted by molar-refractivity contribution is 9.10. The number of nitrogens with one attached hydrogen (secondary N) is 1. The summed E-state index contributed by atoms with van der Waals surface area (Å²) in [5.74, 6) is 0. The summed E-state index contributed by atoms with van der Waals surface area (Å²) in [5.41, 5.74) is 9.82. The van der Waals surface area contributed by atoms with Gasteiger partial charge in [0.15, 0.2) is 0 Å². The van der Waals surface area contributed by atoms with Crippen LogP contribution >= 0.6 is 44.1 Å². The number of hydrogen-bond donors (Lipinski definition) is 2. The van der Waals surface area contributed by atoms with E-state index < -0.39 is 0 Å². The predicted octanol–water partition coefficient (Wildman–Crippen LogP) is 5.15. The largest absolute Gasteiger partial charge is 0.389 e. The summed E-state index contributed by atoms with van der Waals surface area (Å²) < 4.78 is 2.02. The molecule has 5 heteroatoms. The van der Waals surface area contributed by atoms with E-state index in [9.17, 15) is 0 Å². The predicted molar refractivity (Wildman–Crippen MR) is 96.8 cm³/mol. The fourth-order valence-corrected chi connectivity index (χ4v) is 2.90. The highest BCUT2D eigenvalue weighted by atomic mass is 79.9. The molecule has 0 spiro atoms. The van der Waals surface area contributed by atoms with Crippen molar-refractivity contribution < 1.29 is 0 Å². The van der Waals surface area contributed by atoms with E-state index in [1.54, 1.807) is 0 Å². The lowest BCUT2D eigenvalue weighted by atomic mass is 10.1. The SMILES string of the molecule is CCc1cc(Br)ccc1Nc1ccc(C(N)=S)cc1Br. The first-order chi connectivity index (χ1) is 9.51. The molecule has 104 valence electrons. The molecule has 0 amide bonds. The summed E-state index contributed by atoms with van der Waals surface area (Å²) in [7, 11) is 0. The summed E-state index contributed by atoms with van der Waals surface area (Å²) in [4.78, 5) is 0.398. The fourth-order valence-electron chi connectivity index (χ4n) is 1.89. The van der Waals surface area contributed by atoms with Crippen molar-refractivity contribution >= 4 is 60.4 Å². The second-order valence-corrected chi connectivity index (χ2v) is 6.55. The molecule has 0 aromatic heterocycles. The van der Waals surface area contributed by atoms with Crippen LogP contribution in [0.3, 0.4) is 0 Å². The lowest BCUT2D eigenvalue weighted by molar-refractivity contribution is 1.14. The van der Waals surface area contributed by atoms with Crippen molar-refractivity contribution in [1.82, 2.24) is 0 Å². The summed E-state index contributed by atoms with van der Waals surface area (Å²) in [5, 5.41) is 3.43. The average molecular weight is 414 g/mol. The van der Waals surface area contributed by atoms with Crippen molar-refractivity contribution in [1.29, 1.82) is 0 Å². The van der Waals surface area contributed by atoms with Gasteiger partial charge in [-0.2, -0.15) is 0 Å². The van der Waals surface area contributed by atoms with Crippen molar-refractivity contribution in [2.75, 3.05) is 5.32 Å². The molecule has 2 rings (SSSR count). The van der Waals surface area contributed by atoms with Gasteiger partial charge in [0.05, 0.1) is 5.69 Å². The van der Waals surface area contributed by atoms with Crippen LogP contribution in [0.5, 0.6) is 0 Å². The molecule has 0 aliphatic heterocycles. The third-order valence-electron chi connectivity index (χ3n) is 2.97. The van der Waals surface area contributed by atoms with Crippen LogP contribution in [-0.2, 0) is 6.42 Å². The first kappa shape index (κ1) is 15.5. The first-order valence-corrected chi connectivity index (χ1v) is 8.15. The Morgan fingerprint density at radius 1 is 1.15 bits per heavy atom. The van der Waals surface area contributed by atoms with E-state index in [-0.39, 0.29) is 0 Å². The lowest BCUT2D eigenvalue weighted by Gasteiger charge is -2.13. The van der Waals surface area contributed by atoms with Gasteiger partial charge in [-0.05, 0) is 64.3 Å². The second kappa shape index (κ2) is 6.70. The van der Waals surface area contributed by atoms with Gasteiger partial charge in [-0.15, -0.1) is 0 Å². The minimum atomic E-state index is 0.398. The number of hydrogen-bond acceptors (Lipinski definition) is 2. The van der Waals surface area contributed by atoms with E-state index in [1.807, 2.05) is 24.3 Å². The molecular weight excluding hydrogens is 400 g/mol. The smallest absolute Gasteiger partial charge is 0.104 e. The molecule has 2 aromatic rings. The van der Waals surface area contributed by atoms with Gasteiger partial charge < -0.3 is 11.1 Å². The van der Waals surface area contributed by atoms with Crippen LogP contribution in [0.1, 0.15) is 18.1 Å². The fraction of sp³-hybridized carbons (Fsp3) is 0.133. The van der Waals surface area contributed by atoms with Gasteiger partial charge in [-0.25, -0.2) is 0 Å². The summed E-state index contributed by atoms with van der Waals surface area (Å²) in [6.07, 6.45) is 0.963. The van der Waals surface area contributed by atoms with Crippen LogP contribution in [0.25, 0.3) is 0 Å². The maximum Gasteiger partial charge on any atom is 0.104 e. The Morgan fingerprint density at radius 2 is 1.85 bits per heavy atom. The molecule has 0 aliphatic carbocycles. The minimum absolute atomic E-state index is 0.398. The van der Waals surface area contributed by atoms with Gasteiger partial charge in [0.2, 0.25) is 0 Å². The molecule has 3 N–H and O–H groups in total. The van der Waals surface area contributed by atoms with E-state index in [2.05, 4.69) is 56.2 Å². The number of halogens is 2. The van der Waals surface area contributed by atoms with E-state index >= 15 is 0 Å². The number of thiocarbonyl (C=S) groups is 1. The van der Waals surface area contributed by atoms with Crippen LogP contribution < -0.4 is 11.1 Å². The van der Waals surface area contributed by atoms with Crippen LogP contribution in [0.15, 0.2) is 45.3 Å². The quantitative estimate of drug-likeness (QED) is 0.680. The first-order valence-electron chi connectivity index (χ1n) is 6.16. The van der Waals surface area contributed by atoms with Gasteiger partial charge in [-0.1, -0.05) is 35.1 Å². The number of anilines is 2. The highest BCUT2D eigenvalue weighted by Crippen LogP contribution is 2.30. The molecule has 0 saturated carbocycles. The average Bonchev–Trinajstić information content (AvgIpc) is 2.42. The maximum absolute atomic E-state index is 5.63. The Labute approximate surface area is 141 Å². The second-order valence-electron chi connectivity index (χ2n) is 4.34. The Morgan fingerprint density at radius 3 is 2.45 bits per heavy atom. The van der Waals surface area contributed by atoms with Crippen LogP contribution in [-0.4, -0.2) is 4.99 Å². The van der Waals surface area contributed by atoms with Crippen LogP contribution in [0.2, 0.25) is 0 Å². The molecule has 0 bridgehead atoms. The summed E-state index contributed by atoms with van der Waals surface area (Å²) >= 11 is 12.0. The molecule has 0 atom stereocenters. The van der Waals surface area contributed by atoms with E-state index in [4.69, 9.17) is 18.0 Å². The highest BCUT2D eigenvalue weighted by Gasteiger charge is 2.06. The molecule has 0 unspecified atom stereocenters. The molecule has 20 heavy (non-hydrogen) atoms. The third-order valence-corrected chi connectivity index (χ3v) is 4.36. The molecular formula is C15H14Br2N2S. The van der Waals surface area contributed by atoms with Crippen LogP contribution in [0.4, 0.5) is 11.4 Å². The van der Waals surface area contributed by atoms with Crippen molar-refractivity contribution in [2.24, 2.45) is 5.73 Å². The number of benzene rings is 2. The number of rotatable bonds is 4. The zero-order valence-electron chi connectivity index (χ0n) is 10.9. The lowest BCUT2D eigenvalue weighted by Crippen LogP contribution is -2.09. The molecule has 0 fully saturated rings. The molecule has 0 radical (unpaired) electrons. The minimum Gasteiger partial charge on any atom is -0.389 e. The van der Waals surface area contributed by atoms with Gasteiger partial charge in [0.1, 0.15) is 4.99 Å². The summed E-state index contributed by atoms with van der Waals surface area (Å²) in [6.45, 7) is 2.14. The van der Waals surface area contributed by atoms with Gasteiger partial charge in [0, 0.05) is 20.2 Å². The Hall–Kier alpha value is -0.910.